The molecule has 0 bridgehead atoms. The van der Waals surface area contributed by atoms with Gasteiger partial charge in [0, 0.05) is 19.2 Å². The summed E-state index contributed by atoms with van der Waals surface area (Å²) >= 11 is 0. The summed E-state index contributed by atoms with van der Waals surface area (Å²) in [4.78, 5) is 24.0. The molecule has 0 unspecified atom stereocenters. The van der Waals surface area contributed by atoms with Gasteiger partial charge in [-0.25, -0.2) is 0 Å². The second-order valence-corrected chi connectivity index (χ2v) is 4.91. The highest BCUT2D eigenvalue weighted by atomic mass is 16.5. The minimum atomic E-state index is -0.919. The lowest BCUT2D eigenvalue weighted by Crippen LogP contribution is -2.48. The van der Waals surface area contributed by atoms with Crippen LogP contribution >= 0.6 is 0 Å². The number of hydrogen-bond acceptors (Lipinski definition) is 4. The molecule has 0 radical (unpaired) electrons. The molecule has 0 saturated heterocycles. The molecule has 0 aliphatic carbocycles. The zero-order valence-electron chi connectivity index (χ0n) is 11.6. The van der Waals surface area contributed by atoms with Crippen molar-refractivity contribution in [1.82, 2.24) is 4.90 Å². The Labute approximate surface area is 108 Å². The summed E-state index contributed by atoms with van der Waals surface area (Å²) < 4.78 is 9.96. The summed E-state index contributed by atoms with van der Waals surface area (Å²) in [5.41, 5.74) is -0.419. The zero-order chi connectivity index (χ0) is 14.2. The monoisotopic (exact) mass is 261 g/mol. The minimum Gasteiger partial charge on any atom is -0.481 e. The molecule has 0 aliphatic rings. The maximum absolute atomic E-state index is 11.9. The molecule has 0 aromatic rings. The van der Waals surface area contributed by atoms with Gasteiger partial charge in [0.1, 0.15) is 6.61 Å². The predicted molar refractivity (Wildman–Crippen MR) is 66.4 cm³/mol. The van der Waals surface area contributed by atoms with Crippen LogP contribution in [0.1, 0.15) is 27.2 Å². The SMILES string of the molecule is COCCOCC(=O)N(CCC(=O)O)C(C)(C)C. The first-order chi connectivity index (χ1) is 8.29. The van der Waals surface area contributed by atoms with Crippen LogP contribution in [0, 0.1) is 0 Å². The number of ether oxygens (including phenoxy) is 2. The molecular weight excluding hydrogens is 238 g/mol. The first-order valence-electron chi connectivity index (χ1n) is 5.88. The van der Waals surface area contributed by atoms with E-state index in [1.165, 1.54) is 4.90 Å². The van der Waals surface area contributed by atoms with Crippen LogP contribution in [-0.2, 0) is 19.1 Å². The molecule has 6 nitrogen and oxygen atoms in total. The van der Waals surface area contributed by atoms with Gasteiger partial charge in [-0.2, -0.15) is 0 Å². The van der Waals surface area contributed by atoms with E-state index in [1.54, 1.807) is 7.11 Å². The van der Waals surface area contributed by atoms with E-state index < -0.39 is 11.5 Å². The van der Waals surface area contributed by atoms with Gasteiger partial charge in [-0.3, -0.25) is 9.59 Å². The average Bonchev–Trinajstić information content (AvgIpc) is 2.22. The number of aliphatic carboxylic acids is 1. The molecule has 1 N–H and O–H groups in total. The number of nitrogens with zero attached hydrogens (tertiary/aromatic N) is 1. The van der Waals surface area contributed by atoms with Crippen molar-refractivity contribution in [3.63, 3.8) is 0 Å². The molecule has 6 heteroatoms. The summed E-state index contributed by atoms with van der Waals surface area (Å²) in [6, 6.07) is 0. The number of carboxylic acids is 1. The van der Waals surface area contributed by atoms with E-state index in [9.17, 15) is 9.59 Å². The predicted octanol–water partition coefficient (Wildman–Crippen LogP) is 0.751. The van der Waals surface area contributed by atoms with Crippen LogP contribution in [0.15, 0.2) is 0 Å². The molecule has 0 atom stereocenters. The summed E-state index contributed by atoms with van der Waals surface area (Å²) in [6.07, 6.45) is -0.0684. The Hall–Kier alpha value is -1.14. The second-order valence-electron chi connectivity index (χ2n) is 4.91. The molecule has 1 amide bonds. The lowest BCUT2D eigenvalue weighted by molar-refractivity contribution is -0.143. The van der Waals surface area contributed by atoms with Gasteiger partial charge in [-0.05, 0) is 20.8 Å². The lowest BCUT2D eigenvalue weighted by atomic mass is 10.1. The van der Waals surface area contributed by atoms with Crippen LogP contribution in [0.3, 0.4) is 0 Å². The fourth-order valence-electron chi connectivity index (χ4n) is 1.42. The van der Waals surface area contributed by atoms with Gasteiger partial charge < -0.3 is 19.5 Å². The highest BCUT2D eigenvalue weighted by molar-refractivity contribution is 5.79. The van der Waals surface area contributed by atoms with Gasteiger partial charge in [0.15, 0.2) is 0 Å². The third kappa shape index (κ3) is 7.24. The molecule has 0 rings (SSSR count). The van der Waals surface area contributed by atoms with Crippen LogP contribution in [0.4, 0.5) is 0 Å². The van der Waals surface area contributed by atoms with Crippen molar-refractivity contribution >= 4 is 11.9 Å². The highest BCUT2D eigenvalue weighted by Crippen LogP contribution is 2.14. The van der Waals surface area contributed by atoms with Crippen LogP contribution in [-0.4, -0.2) is 60.9 Å². The molecule has 0 aliphatic heterocycles. The first-order valence-corrected chi connectivity index (χ1v) is 5.88. The molecule has 0 saturated carbocycles. The summed E-state index contributed by atoms with van der Waals surface area (Å²) in [5.74, 6) is -1.13. The molecule has 106 valence electrons. The maximum Gasteiger partial charge on any atom is 0.305 e. The Bertz CT molecular complexity index is 272. The fourth-order valence-corrected chi connectivity index (χ4v) is 1.42. The molecule has 0 aromatic heterocycles. The Balaban J connectivity index is 4.28. The van der Waals surface area contributed by atoms with E-state index in [0.29, 0.717) is 13.2 Å². The molecule has 0 spiro atoms. The summed E-state index contributed by atoms with van der Waals surface area (Å²) in [6.45, 7) is 6.49. The van der Waals surface area contributed by atoms with Gasteiger partial charge in [0.2, 0.25) is 5.91 Å². The van der Waals surface area contributed by atoms with Crippen LogP contribution < -0.4 is 0 Å². The second kappa shape index (κ2) is 8.05. The van der Waals surface area contributed by atoms with Crippen molar-refractivity contribution < 1.29 is 24.2 Å². The minimum absolute atomic E-state index is 0.0553. The first kappa shape index (κ1) is 16.9. The van der Waals surface area contributed by atoms with Crippen molar-refractivity contribution in [3.8, 4) is 0 Å². The largest absolute Gasteiger partial charge is 0.481 e. The van der Waals surface area contributed by atoms with Gasteiger partial charge in [0.25, 0.3) is 0 Å². The number of hydrogen-bond donors (Lipinski definition) is 1. The van der Waals surface area contributed by atoms with Gasteiger partial charge in [0.05, 0.1) is 19.6 Å². The smallest absolute Gasteiger partial charge is 0.305 e. The van der Waals surface area contributed by atoms with Crippen LogP contribution in [0.25, 0.3) is 0 Å². The van der Waals surface area contributed by atoms with Gasteiger partial charge >= 0.3 is 5.97 Å². The average molecular weight is 261 g/mol. The van der Waals surface area contributed by atoms with Crippen molar-refractivity contribution in [3.05, 3.63) is 0 Å². The van der Waals surface area contributed by atoms with E-state index in [1.807, 2.05) is 20.8 Å². The number of carbonyl (C=O) groups excluding carboxylic acids is 1. The van der Waals surface area contributed by atoms with E-state index in [-0.39, 0.29) is 25.5 Å². The van der Waals surface area contributed by atoms with Crippen molar-refractivity contribution in [2.75, 3.05) is 33.5 Å². The molecule has 0 aromatic carbocycles. The van der Waals surface area contributed by atoms with Gasteiger partial charge in [-0.1, -0.05) is 0 Å². The number of carboxylic acid groups (broad SMARTS) is 1. The standard InChI is InChI=1S/C12H23NO5/c1-12(2,3)13(6-5-11(15)16)10(14)9-18-8-7-17-4/h5-9H2,1-4H3,(H,15,16). The number of rotatable bonds is 8. The maximum atomic E-state index is 11.9. The quantitative estimate of drug-likeness (QED) is 0.652. The number of methoxy groups -OCH3 is 1. The highest BCUT2D eigenvalue weighted by Gasteiger charge is 2.26. The van der Waals surface area contributed by atoms with E-state index in [2.05, 4.69) is 0 Å². The Morgan fingerprint density at radius 3 is 2.28 bits per heavy atom. The number of carbonyl (C=O) groups is 2. The van der Waals surface area contributed by atoms with E-state index in [4.69, 9.17) is 14.6 Å². The normalized spacial score (nSPS) is 11.3. The Kier molecular flexibility index (Phi) is 7.54. The molecule has 0 fully saturated rings. The van der Waals surface area contributed by atoms with E-state index >= 15 is 0 Å². The number of amides is 1. The molecule has 18 heavy (non-hydrogen) atoms. The Morgan fingerprint density at radius 2 is 1.83 bits per heavy atom. The molecular formula is C12H23NO5. The van der Waals surface area contributed by atoms with Crippen molar-refractivity contribution in [2.24, 2.45) is 0 Å². The lowest BCUT2D eigenvalue weighted by Gasteiger charge is -2.35. The molecule has 0 heterocycles. The summed E-state index contributed by atoms with van der Waals surface area (Å²) in [5, 5.41) is 8.67. The zero-order valence-corrected chi connectivity index (χ0v) is 11.6. The third-order valence-corrected chi connectivity index (χ3v) is 2.32. The van der Waals surface area contributed by atoms with E-state index in [0.717, 1.165) is 0 Å². The van der Waals surface area contributed by atoms with Crippen molar-refractivity contribution in [2.45, 2.75) is 32.7 Å². The Morgan fingerprint density at radius 1 is 1.22 bits per heavy atom. The summed E-state index contributed by atoms with van der Waals surface area (Å²) in [7, 11) is 1.56. The van der Waals surface area contributed by atoms with Crippen molar-refractivity contribution in [1.29, 1.82) is 0 Å². The third-order valence-electron chi connectivity index (χ3n) is 2.32. The topological polar surface area (TPSA) is 76.1 Å². The van der Waals surface area contributed by atoms with Crippen LogP contribution in [0.5, 0.6) is 0 Å². The fraction of sp³-hybridized carbons (Fsp3) is 0.833. The van der Waals surface area contributed by atoms with Gasteiger partial charge in [-0.15, -0.1) is 0 Å². The van der Waals surface area contributed by atoms with Crippen LogP contribution in [0.2, 0.25) is 0 Å².